The smallest absolute Gasteiger partial charge is 0.408 e. The van der Waals surface area contributed by atoms with E-state index >= 15 is 0 Å². The van der Waals surface area contributed by atoms with Crippen LogP contribution in [-0.4, -0.2) is 31.0 Å². The maximum Gasteiger partial charge on any atom is 0.408 e. The normalized spacial score (nSPS) is 11.3. The molecule has 0 radical (unpaired) electrons. The lowest BCUT2D eigenvalue weighted by Crippen LogP contribution is -2.42. The molecule has 0 fully saturated rings. The van der Waals surface area contributed by atoms with Gasteiger partial charge in [0.05, 0.1) is 7.11 Å². The zero-order chi connectivity index (χ0) is 19.6. The Hall–Kier alpha value is -2.67. The van der Waals surface area contributed by atoms with Gasteiger partial charge in [-0.1, -0.05) is 64.5 Å². The van der Waals surface area contributed by atoms with Gasteiger partial charge in [0, 0.05) is 22.0 Å². The second-order valence-electron chi connectivity index (χ2n) is 5.72. The van der Waals surface area contributed by atoms with E-state index in [9.17, 15) is 14.4 Å². The van der Waals surface area contributed by atoms with Gasteiger partial charge in [0.25, 0.3) is 0 Å². The molecule has 0 saturated heterocycles. The second kappa shape index (κ2) is 10.5. The monoisotopic (exact) mass is 433 g/mol. The summed E-state index contributed by atoms with van der Waals surface area (Å²) in [5, 5.41) is 2.46. The van der Waals surface area contributed by atoms with Crippen LogP contribution in [-0.2, 0) is 20.9 Å². The van der Waals surface area contributed by atoms with Crippen molar-refractivity contribution in [3.05, 3.63) is 70.2 Å². The first kappa shape index (κ1) is 20.6. The summed E-state index contributed by atoms with van der Waals surface area (Å²) in [7, 11) is 1.22. The van der Waals surface area contributed by atoms with Gasteiger partial charge in [-0.25, -0.2) is 9.59 Å². The van der Waals surface area contributed by atoms with E-state index in [0.717, 1.165) is 10.0 Å². The lowest BCUT2D eigenvalue weighted by atomic mass is 10.0. The van der Waals surface area contributed by atoms with E-state index in [1.165, 1.54) is 7.11 Å². The summed E-state index contributed by atoms with van der Waals surface area (Å²) in [6.07, 6.45) is -0.549. The number of hydrogen-bond acceptors (Lipinski definition) is 5. The molecule has 1 N–H and O–H groups in total. The molecule has 1 atom stereocenters. The van der Waals surface area contributed by atoms with Crippen molar-refractivity contribution >= 4 is 33.8 Å². The van der Waals surface area contributed by atoms with Gasteiger partial charge >= 0.3 is 12.1 Å². The highest BCUT2D eigenvalue weighted by atomic mass is 79.9. The topological polar surface area (TPSA) is 81.7 Å². The Kier molecular flexibility index (Phi) is 8.00. The summed E-state index contributed by atoms with van der Waals surface area (Å²) in [5.74, 6) is -0.749. The van der Waals surface area contributed by atoms with Crippen LogP contribution in [0.2, 0.25) is 0 Å². The minimum Gasteiger partial charge on any atom is -0.467 e. The van der Waals surface area contributed by atoms with Gasteiger partial charge in [0.1, 0.15) is 12.6 Å². The second-order valence-corrected chi connectivity index (χ2v) is 6.57. The fraction of sp³-hybridized carbons (Fsp3) is 0.250. The minimum absolute atomic E-state index is 0.0457. The number of carbonyl (C=O) groups is 3. The van der Waals surface area contributed by atoms with Crippen LogP contribution in [0.3, 0.4) is 0 Å². The van der Waals surface area contributed by atoms with Gasteiger partial charge in [0.2, 0.25) is 0 Å². The van der Waals surface area contributed by atoms with E-state index in [0.29, 0.717) is 5.56 Å². The highest BCUT2D eigenvalue weighted by Gasteiger charge is 2.23. The van der Waals surface area contributed by atoms with Gasteiger partial charge in [-0.05, 0) is 12.5 Å². The number of benzene rings is 2. The number of carbonyl (C=O) groups excluding carboxylic acids is 3. The molecular formula is C20H20BrNO5. The van der Waals surface area contributed by atoms with Crippen molar-refractivity contribution in [2.24, 2.45) is 0 Å². The zero-order valence-electron chi connectivity index (χ0n) is 14.8. The molecule has 1 amide bonds. The maximum atomic E-state index is 12.2. The van der Waals surface area contributed by atoms with E-state index in [1.807, 2.05) is 30.3 Å². The third kappa shape index (κ3) is 6.53. The average molecular weight is 434 g/mol. The molecule has 2 aromatic carbocycles. The fourth-order valence-electron chi connectivity index (χ4n) is 2.38. The standard InChI is InChI=1S/C20H20BrNO5/c1-26-19(24)17(11-12-18(23)14-7-3-2-4-8-14)22-20(25)27-13-15-9-5-6-10-16(15)21/h2-10,17H,11-13H2,1H3,(H,22,25). The Morgan fingerprint density at radius 3 is 2.37 bits per heavy atom. The molecule has 2 aromatic rings. The number of hydrogen-bond donors (Lipinski definition) is 1. The quantitative estimate of drug-likeness (QED) is 0.504. The Morgan fingerprint density at radius 1 is 1.04 bits per heavy atom. The summed E-state index contributed by atoms with van der Waals surface area (Å²) in [6, 6.07) is 15.1. The number of alkyl carbamates (subject to hydrolysis) is 1. The molecule has 6 nitrogen and oxygen atoms in total. The number of ketones is 1. The SMILES string of the molecule is COC(=O)C(CCC(=O)c1ccccc1)NC(=O)OCc1ccccc1Br. The van der Waals surface area contributed by atoms with Gasteiger partial charge < -0.3 is 14.8 Å². The number of Topliss-reactive ketones (excluding diaryl/α,β-unsaturated/α-hetero) is 1. The van der Waals surface area contributed by atoms with Crippen molar-refractivity contribution in [2.45, 2.75) is 25.5 Å². The van der Waals surface area contributed by atoms with Gasteiger partial charge in [0.15, 0.2) is 5.78 Å². The third-order valence-electron chi connectivity index (χ3n) is 3.85. The van der Waals surface area contributed by atoms with Crippen molar-refractivity contribution < 1.29 is 23.9 Å². The van der Waals surface area contributed by atoms with Crippen LogP contribution >= 0.6 is 15.9 Å². The van der Waals surface area contributed by atoms with Crippen LogP contribution < -0.4 is 5.32 Å². The van der Waals surface area contributed by atoms with E-state index in [1.54, 1.807) is 24.3 Å². The van der Waals surface area contributed by atoms with Crippen LogP contribution in [0.1, 0.15) is 28.8 Å². The first-order valence-corrected chi connectivity index (χ1v) is 9.13. The lowest BCUT2D eigenvalue weighted by Gasteiger charge is -2.16. The first-order chi connectivity index (χ1) is 13.0. The van der Waals surface area contributed by atoms with Crippen molar-refractivity contribution in [2.75, 3.05) is 7.11 Å². The molecule has 0 aliphatic heterocycles. The largest absolute Gasteiger partial charge is 0.467 e. The molecule has 0 saturated carbocycles. The molecule has 0 aliphatic rings. The summed E-state index contributed by atoms with van der Waals surface area (Å²) in [5.41, 5.74) is 1.35. The number of ether oxygens (including phenoxy) is 2. The van der Waals surface area contributed by atoms with Crippen molar-refractivity contribution in [1.82, 2.24) is 5.32 Å². The predicted molar refractivity (Wildman–Crippen MR) is 103 cm³/mol. The lowest BCUT2D eigenvalue weighted by molar-refractivity contribution is -0.143. The number of amides is 1. The number of halogens is 1. The summed E-state index contributed by atoms with van der Waals surface area (Å²) in [6.45, 7) is 0.0457. The van der Waals surface area contributed by atoms with Crippen molar-refractivity contribution in [3.63, 3.8) is 0 Å². The number of methoxy groups -OCH3 is 1. The Morgan fingerprint density at radius 2 is 1.70 bits per heavy atom. The Balaban J connectivity index is 1.89. The van der Waals surface area contributed by atoms with Crippen LogP contribution in [0.4, 0.5) is 4.79 Å². The van der Waals surface area contributed by atoms with E-state index < -0.39 is 18.1 Å². The summed E-state index contributed by atoms with van der Waals surface area (Å²) in [4.78, 5) is 36.1. The molecular weight excluding hydrogens is 414 g/mol. The summed E-state index contributed by atoms with van der Waals surface area (Å²) < 4.78 is 10.7. The zero-order valence-corrected chi connectivity index (χ0v) is 16.4. The van der Waals surface area contributed by atoms with Crippen LogP contribution in [0.15, 0.2) is 59.1 Å². The molecule has 0 aliphatic carbocycles. The number of esters is 1. The summed E-state index contributed by atoms with van der Waals surface area (Å²) >= 11 is 3.37. The Bertz CT molecular complexity index is 794. The van der Waals surface area contributed by atoms with Crippen LogP contribution in [0.5, 0.6) is 0 Å². The molecule has 1 unspecified atom stereocenters. The van der Waals surface area contributed by atoms with Crippen molar-refractivity contribution in [3.8, 4) is 0 Å². The predicted octanol–water partition coefficient (Wildman–Crippen LogP) is 3.88. The third-order valence-corrected chi connectivity index (χ3v) is 4.62. The van der Waals surface area contributed by atoms with Gasteiger partial charge in [-0.15, -0.1) is 0 Å². The molecule has 0 heterocycles. The number of nitrogens with one attached hydrogen (secondary N) is 1. The van der Waals surface area contributed by atoms with Crippen LogP contribution in [0, 0.1) is 0 Å². The first-order valence-electron chi connectivity index (χ1n) is 8.34. The van der Waals surface area contributed by atoms with E-state index in [2.05, 4.69) is 21.2 Å². The highest BCUT2D eigenvalue weighted by Crippen LogP contribution is 2.16. The van der Waals surface area contributed by atoms with Crippen LogP contribution in [0.25, 0.3) is 0 Å². The maximum absolute atomic E-state index is 12.2. The molecule has 142 valence electrons. The van der Waals surface area contributed by atoms with E-state index in [-0.39, 0.29) is 25.2 Å². The Labute approximate surface area is 166 Å². The average Bonchev–Trinajstić information content (AvgIpc) is 2.70. The minimum atomic E-state index is -0.964. The van der Waals surface area contributed by atoms with Gasteiger partial charge in [-0.3, -0.25) is 4.79 Å². The molecule has 27 heavy (non-hydrogen) atoms. The van der Waals surface area contributed by atoms with Crippen molar-refractivity contribution in [1.29, 1.82) is 0 Å². The van der Waals surface area contributed by atoms with E-state index in [4.69, 9.17) is 9.47 Å². The van der Waals surface area contributed by atoms with Gasteiger partial charge in [-0.2, -0.15) is 0 Å². The number of rotatable bonds is 8. The molecule has 0 bridgehead atoms. The molecule has 2 rings (SSSR count). The highest BCUT2D eigenvalue weighted by molar-refractivity contribution is 9.10. The molecule has 0 spiro atoms. The molecule has 0 aromatic heterocycles. The fourth-order valence-corrected chi connectivity index (χ4v) is 2.78. The molecule has 7 heteroatoms.